The van der Waals surface area contributed by atoms with Crippen LogP contribution < -0.4 is 10.6 Å². The number of rotatable bonds is 4. The van der Waals surface area contributed by atoms with E-state index in [0.29, 0.717) is 5.92 Å². The van der Waals surface area contributed by atoms with Crippen molar-refractivity contribution in [3.63, 3.8) is 0 Å². The summed E-state index contributed by atoms with van der Waals surface area (Å²) >= 11 is 0. The molecule has 0 aliphatic carbocycles. The molecule has 0 amide bonds. The number of aliphatic hydroxyl groups is 1. The Morgan fingerprint density at radius 2 is 2.29 bits per heavy atom. The SMILES string of the molecule is CCn1nc(C)c(N)c1N1CCC(CCO)C1. The van der Waals surface area contributed by atoms with E-state index in [4.69, 9.17) is 10.8 Å². The maximum Gasteiger partial charge on any atom is 0.150 e. The highest BCUT2D eigenvalue weighted by atomic mass is 16.3. The summed E-state index contributed by atoms with van der Waals surface area (Å²) < 4.78 is 1.98. The van der Waals surface area contributed by atoms with Gasteiger partial charge in [0.05, 0.1) is 11.4 Å². The summed E-state index contributed by atoms with van der Waals surface area (Å²) in [6.45, 7) is 7.15. The van der Waals surface area contributed by atoms with Crippen LogP contribution in [0.5, 0.6) is 0 Å². The number of nitrogens with zero attached hydrogens (tertiary/aromatic N) is 3. The fraction of sp³-hybridized carbons (Fsp3) is 0.750. The van der Waals surface area contributed by atoms with Crippen LogP contribution in [0.2, 0.25) is 0 Å². The van der Waals surface area contributed by atoms with Crippen molar-refractivity contribution in [3.8, 4) is 0 Å². The smallest absolute Gasteiger partial charge is 0.150 e. The third-order valence-corrected chi connectivity index (χ3v) is 3.57. The van der Waals surface area contributed by atoms with Crippen molar-refractivity contribution in [2.75, 3.05) is 30.3 Å². The first-order chi connectivity index (χ1) is 8.17. The molecule has 2 heterocycles. The zero-order chi connectivity index (χ0) is 12.4. The molecule has 1 aromatic heterocycles. The lowest BCUT2D eigenvalue weighted by molar-refractivity contribution is 0.263. The Hall–Kier alpha value is -1.23. The van der Waals surface area contributed by atoms with E-state index in [1.807, 2.05) is 11.6 Å². The molecular weight excluding hydrogens is 216 g/mol. The van der Waals surface area contributed by atoms with Gasteiger partial charge in [0, 0.05) is 26.2 Å². The molecule has 0 bridgehead atoms. The second-order valence-electron chi connectivity index (χ2n) is 4.75. The van der Waals surface area contributed by atoms with Gasteiger partial charge in [0.1, 0.15) is 0 Å². The van der Waals surface area contributed by atoms with Crippen molar-refractivity contribution >= 4 is 11.5 Å². The number of nitrogen functional groups attached to an aromatic ring is 1. The minimum atomic E-state index is 0.278. The summed E-state index contributed by atoms with van der Waals surface area (Å²) in [5.74, 6) is 1.64. The molecule has 0 saturated carbocycles. The third-order valence-electron chi connectivity index (χ3n) is 3.57. The van der Waals surface area contributed by atoms with Gasteiger partial charge in [-0.05, 0) is 32.6 Å². The van der Waals surface area contributed by atoms with Gasteiger partial charge in [-0.15, -0.1) is 0 Å². The number of anilines is 2. The molecule has 1 saturated heterocycles. The molecule has 2 rings (SSSR count). The zero-order valence-electron chi connectivity index (χ0n) is 10.7. The van der Waals surface area contributed by atoms with Gasteiger partial charge in [-0.25, -0.2) is 4.68 Å². The molecule has 3 N–H and O–H groups in total. The van der Waals surface area contributed by atoms with Crippen LogP contribution in [0.1, 0.15) is 25.5 Å². The molecule has 1 aliphatic rings. The minimum absolute atomic E-state index is 0.278. The molecule has 1 fully saturated rings. The Kier molecular flexibility index (Phi) is 3.57. The normalized spacial score (nSPS) is 20.2. The van der Waals surface area contributed by atoms with Crippen LogP contribution in [0.15, 0.2) is 0 Å². The van der Waals surface area contributed by atoms with Crippen LogP contribution in [0.4, 0.5) is 11.5 Å². The molecule has 1 atom stereocenters. The molecule has 1 aromatic rings. The fourth-order valence-corrected chi connectivity index (χ4v) is 2.58. The molecule has 1 unspecified atom stereocenters. The van der Waals surface area contributed by atoms with Gasteiger partial charge in [0.2, 0.25) is 0 Å². The number of aromatic nitrogens is 2. The predicted molar refractivity (Wildman–Crippen MR) is 69.1 cm³/mol. The predicted octanol–water partition coefficient (Wildman–Crippen LogP) is 1.00. The summed E-state index contributed by atoms with van der Waals surface area (Å²) in [5, 5.41) is 13.4. The van der Waals surface area contributed by atoms with Crippen LogP contribution in [0, 0.1) is 12.8 Å². The minimum Gasteiger partial charge on any atom is -0.396 e. The number of aryl methyl sites for hydroxylation is 2. The zero-order valence-corrected chi connectivity index (χ0v) is 10.7. The van der Waals surface area contributed by atoms with Crippen LogP contribution in [0.25, 0.3) is 0 Å². The first-order valence-corrected chi connectivity index (χ1v) is 6.36. The molecule has 96 valence electrons. The van der Waals surface area contributed by atoms with Crippen molar-refractivity contribution < 1.29 is 5.11 Å². The Balaban J connectivity index is 2.18. The van der Waals surface area contributed by atoms with Gasteiger partial charge in [-0.1, -0.05) is 0 Å². The quantitative estimate of drug-likeness (QED) is 0.821. The summed E-state index contributed by atoms with van der Waals surface area (Å²) in [6, 6.07) is 0. The van der Waals surface area contributed by atoms with Gasteiger partial charge in [-0.2, -0.15) is 5.10 Å². The van der Waals surface area contributed by atoms with E-state index in [1.54, 1.807) is 0 Å². The highest BCUT2D eigenvalue weighted by Gasteiger charge is 2.26. The average Bonchev–Trinajstić information content (AvgIpc) is 2.86. The van der Waals surface area contributed by atoms with Crippen LogP contribution >= 0.6 is 0 Å². The Morgan fingerprint density at radius 1 is 1.53 bits per heavy atom. The van der Waals surface area contributed by atoms with Crippen LogP contribution in [-0.4, -0.2) is 34.6 Å². The van der Waals surface area contributed by atoms with Gasteiger partial charge in [0.15, 0.2) is 5.82 Å². The lowest BCUT2D eigenvalue weighted by Crippen LogP contribution is -2.24. The number of nitrogens with two attached hydrogens (primary N) is 1. The summed E-state index contributed by atoms with van der Waals surface area (Å²) in [7, 11) is 0. The summed E-state index contributed by atoms with van der Waals surface area (Å²) in [4.78, 5) is 2.30. The molecule has 0 radical (unpaired) electrons. The largest absolute Gasteiger partial charge is 0.396 e. The van der Waals surface area contributed by atoms with Gasteiger partial charge in [0.25, 0.3) is 0 Å². The monoisotopic (exact) mass is 238 g/mol. The molecular formula is C12H22N4O. The van der Waals surface area contributed by atoms with E-state index in [2.05, 4.69) is 16.9 Å². The first-order valence-electron chi connectivity index (χ1n) is 6.36. The number of aliphatic hydroxyl groups excluding tert-OH is 1. The van der Waals surface area contributed by atoms with E-state index < -0.39 is 0 Å². The van der Waals surface area contributed by atoms with E-state index >= 15 is 0 Å². The Labute approximate surface area is 102 Å². The van der Waals surface area contributed by atoms with E-state index in [-0.39, 0.29) is 6.61 Å². The van der Waals surface area contributed by atoms with Gasteiger partial charge < -0.3 is 15.7 Å². The second kappa shape index (κ2) is 4.96. The van der Waals surface area contributed by atoms with E-state index in [9.17, 15) is 0 Å². The standard InChI is InChI=1S/C12H22N4O/c1-3-16-12(11(13)9(2)14-16)15-6-4-10(8-15)5-7-17/h10,17H,3-8,13H2,1-2H3. The Bertz CT molecular complexity index is 388. The first kappa shape index (κ1) is 12.2. The lowest BCUT2D eigenvalue weighted by Gasteiger charge is -2.20. The van der Waals surface area contributed by atoms with Gasteiger partial charge >= 0.3 is 0 Å². The molecule has 0 spiro atoms. The van der Waals surface area contributed by atoms with Crippen molar-refractivity contribution in [2.45, 2.75) is 33.2 Å². The third kappa shape index (κ3) is 2.24. The van der Waals surface area contributed by atoms with Crippen molar-refractivity contribution in [2.24, 2.45) is 5.92 Å². The fourth-order valence-electron chi connectivity index (χ4n) is 2.58. The lowest BCUT2D eigenvalue weighted by atomic mass is 10.1. The van der Waals surface area contributed by atoms with Crippen molar-refractivity contribution in [3.05, 3.63) is 5.69 Å². The second-order valence-corrected chi connectivity index (χ2v) is 4.75. The summed E-state index contributed by atoms with van der Waals surface area (Å²) in [5.41, 5.74) is 7.82. The highest BCUT2D eigenvalue weighted by Crippen LogP contribution is 2.31. The topological polar surface area (TPSA) is 67.3 Å². The maximum absolute atomic E-state index is 8.98. The summed E-state index contributed by atoms with van der Waals surface area (Å²) in [6.07, 6.45) is 2.02. The highest BCUT2D eigenvalue weighted by molar-refractivity contribution is 5.66. The maximum atomic E-state index is 8.98. The van der Waals surface area contributed by atoms with Crippen molar-refractivity contribution in [1.82, 2.24) is 9.78 Å². The van der Waals surface area contributed by atoms with E-state index in [1.165, 1.54) is 0 Å². The molecule has 1 aliphatic heterocycles. The van der Waals surface area contributed by atoms with Crippen molar-refractivity contribution in [1.29, 1.82) is 0 Å². The molecule has 5 nitrogen and oxygen atoms in total. The number of hydrogen-bond acceptors (Lipinski definition) is 4. The van der Waals surface area contributed by atoms with Crippen LogP contribution in [0.3, 0.4) is 0 Å². The van der Waals surface area contributed by atoms with Crippen LogP contribution in [-0.2, 0) is 6.54 Å². The molecule has 5 heteroatoms. The molecule has 0 aromatic carbocycles. The van der Waals surface area contributed by atoms with Gasteiger partial charge in [-0.3, -0.25) is 0 Å². The Morgan fingerprint density at radius 3 is 2.94 bits per heavy atom. The van der Waals surface area contributed by atoms with E-state index in [0.717, 1.165) is 49.7 Å². The number of hydrogen-bond donors (Lipinski definition) is 2. The average molecular weight is 238 g/mol. The molecule has 17 heavy (non-hydrogen) atoms.